The minimum absolute atomic E-state index is 0.516. The predicted molar refractivity (Wildman–Crippen MR) is 210 cm³/mol. The van der Waals surface area contributed by atoms with Crippen molar-refractivity contribution in [2.24, 2.45) is 0 Å². The van der Waals surface area contributed by atoms with Crippen molar-refractivity contribution >= 4 is 108 Å². The van der Waals surface area contributed by atoms with Gasteiger partial charge in [-0.1, -0.05) is 95.6 Å². The molecule has 0 aliphatic carbocycles. The molecule has 0 rings (SSSR count). The van der Waals surface area contributed by atoms with Crippen LogP contribution in [0.4, 0.5) is 0 Å². The molecule has 4 nitrogen and oxygen atoms in total. The highest BCUT2D eigenvalue weighted by atomic mass is 33.7. The standard InChI is InChI=1S/C12H30O2S4Si2.C12H30O2S3Si2/c1-7-13-11(19(3)4)9-15-17-18-16-10-12(14-8-2)20(5)6;1-7-13-11(18(3)4)9-15-17-16-10-12(14-8-2)19(5)6/h11-12,19-20H,7-10H2,1-6H3;11-12,18-19H,7-10H2,1-6H3. The Kier molecular flexibility index (Phi) is 35.4. The zero-order valence-corrected chi connectivity index (χ0v) is 37.1. The van der Waals surface area contributed by atoms with E-state index in [1.54, 1.807) is 0 Å². The SMILES string of the molecule is CCOC(CSSSCC(OCC)[SiH](C)C)[SiH](C)C.CCOC(CSSSSCC(OCC)[SiH](C)C)[SiH](C)C. The van der Waals surface area contributed by atoms with E-state index in [9.17, 15) is 0 Å². The summed E-state index contributed by atoms with van der Waals surface area (Å²) in [4.78, 5) is 0. The van der Waals surface area contributed by atoms with Crippen LogP contribution in [-0.4, -0.2) is 108 Å². The number of hydrogen-bond acceptors (Lipinski definition) is 11. The first kappa shape index (κ1) is 44.3. The maximum atomic E-state index is 5.81. The van der Waals surface area contributed by atoms with Gasteiger partial charge in [0.2, 0.25) is 0 Å². The van der Waals surface area contributed by atoms with Crippen LogP contribution in [0.1, 0.15) is 27.7 Å². The van der Waals surface area contributed by atoms with Crippen LogP contribution >= 0.6 is 72.7 Å². The van der Waals surface area contributed by atoms with Gasteiger partial charge >= 0.3 is 0 Å². The van der Waals surface area contributed by atoms with Crippen LogP contribution in [-0.2, 0) is 18.9 Å². The molecule has 0 aromatic heterocycles. The van der Waals surface area contributed by atoms with Crippen LogP contribution < -0.4 is 0 Å². The van der Waals surface area contributed by atoms with Gasteiger partial charge < -0.3 is 18.9 Å². The van der Waals surface area contributed by atoms with Gasteiger partial charge in [-0.05, 0) is 57.2 Å². The second-order valence-corrected chi connectivity index (χ2v) is 33.6. The first-order valence-electron chi connectivity index (χ1n) is 14.5. The Hall–Kier alpha value is 3.16. The summed E-state index contributed by atoms with van der Waals surface area (Å²) in [5, 5.41) is 0. The fourth-order valence-corrected chi connectivity index (χ4v) is 23.8. The molecule has 0 aliphatic heterocycles. The third kappa shape index (κ3) is 27.2. The summed E-state index contributed by atoms with van der Waals surface area (Å²) in [5.74, 6) is 4.52. The van der Waals surface area contributed by atoms with Crippen molar-refractivity contribution in [3.63, 3.8) is 0 Å². The summed E-state index contributed by atoms with van der Waals surface area (Å²) in [7, 11) is 10.7. The Morgan fingerprint density at radius 2 is 0.590 bits per heavy atom. The first-order chi connectivity index (χ1) is 18.5. The molecule has 0 radical (unpaired) electrons. The van der Waals surface area contributed by atoms with Gasteiger partial charge in [0.25, 0.3) is 0 Å². The lowest BCUT2D eigenvalue weighted by Crippen LogP contribution is -2.30. The molecule has 0 amide bonds. The van der Waals surface area contributed by atoms with Gasteiger partial charge in [0.15, 0.2) is 0 Å². The van der Waals surface area contributed by atoms with E-state index < -0.39 is 35.2 Å². The smallest absolute Gasteiger partial charge is 0.0667 e. The second kappa shape index (κ2) is 31.2. The largest absolute Gasteiger partial charge is 0.381 e. The summed E-state index contributed by atoms with van der Waals surface area (Å²) < 4.78 is 23.2. The summed E-state index contributed by atoms with van der Waals surface area (Å²) in [6.07, 6.45) is 0. The predicted octanol–water partition coefficient (Wildman–Crippen LogP) is 8.40. The van der Waals surface area contributed by atoms with E-state index in [0.29, 0.717) is 22.9 Å². The lowest BCUT2D eigenvalue weighted by Gasteiger charge is -2.20. The summed E-state index contributed by atoms with van der Waals surface area (Å²) in [5.41, 5.74) is 2.07. The molecule has 0 spiro atoms. The van der Waals surface area contributed by atoms with E-state index in [-0.39, 0.29) is 0 Å². The number of ether oxygens (including phenoxy) is 4. The maximum absolute atomic E-state index is 5.81. The monoisotopic (exact) mass is 748 g/mol. The molecule has 0 N–H and O–H groups in total. The average molecular weight is 750 g/mol. The van der Waals surface area contributed by atoms with Crippen LogP contribution in [0.3, 0.4) is 0 Å². The van der Waals surface area contributed by atoms with Crippen molar-refractivity contribution in [2.45, 2.75) is 103 Å². The molecule has 0 heterocycles. The molecule has 0 aliphatic rings. The Labute approximate surface area is 276 Å². The minimum atomic E-state index is -0.688. The lowest BCUT2D eigenvalue weighted by atomic mass is 10.8. The van der Waals surface area contributed by atoms with Gasteiger partial charge in [-0.25, -0.2) is 0 Å². The Morgan fingerprint density at radius 1 is 0.385 bits per heavy atom. The van der Waals surface area contributed by atoms with Crippen LogP contribution in [0.15, 0.2) is 0 Å². The molecule has 0 aromatic carbocycles. The topological polar surface area (TPSA) is 36.9 Å². The summed E-state index contributed by atoms with van der Waals surface area (Å²) >= 11 is 0. The summed E-state index contributed by atoms with van der Waals surface area (Å²) in [6, 6.07) is 0. The van der Waals surface area contributed by atoms with E-state index in [2.05, 4.69) is 80.1 Å². The number of hydrogen-bond donors (Lipinski definition) is 0. The van der Waals surface area contributed by atoms with Gasteiger partial charge in [0.1, 0.15) is 0 Å². The van der Waals surface area contributed by atoms with Crippen molar-refractivity contribution in [3.05, 3.63) is 0 Å². The molecule has 0 saturated heterocycles. The molecular formula is C24H60O4S7Si4. The van der Waals surface area contributed by atoms with Crippen LogP contribution in [0, 0.1) is 0 Å². The van der Waals surface area contributed by atoms with Crippen molar-refractivity contribution in [1.82, 2.24) is 0 Å². The Bertz CT molecular complexity index is 477. The van der Waals surface area contributed by atoms with Crippen LogP contribution in [0.25, 0.3) is 0 Å². The molecule has 238 valence electrons. The average Bonchev–Trinajstić information content (AvgIpc) is 2.87. The van der Waals surface area contributed by atoms with E-state index in [1.807, 2.05) is 72.7 Å². The Morgan fingerprint density at radius 3 is 0.769 bits per heavy atom. The first-order valence-corrected chi connectivity index (χ1v) is 35.4. The molecule has 0 saturated carbocycles. The van der Waals surface area contributed by atoms with E-state index in [0.717, 1.165) is 49.4 Å². The molecular weight excluding hydrogens is 689 g/mol. The van der Waals surface area contributed by atoms with E-state index in [4.69, 9.17) is 18.9 Å². The molecule has 4 unspecified atom stereocenters. The van der Waals surface area contributed by atoms with E-state index in [1.165, 1.54) is 0 Å². The zero-order chi connectivity index (χ0) is 30.1. The highest BCUT2D eigenvalue weighted by molar-refractivity contribution is 9.26. The van der Waals surface area contributed by atoms with Crippen molar-refractivity contribution in [3.8, 4) is 0 Å². The van der Waals surface area contributed by atoms with Crippen molar-refractivity contribution in [1.29, 1.82) is 0 Å². The van der Waals surface area contributed by atoms with Crippen LogP contribution in [0.5, 0.6) is 0 Å². The highest BCUT2D eigenvalue weighted by Crippen LogP contribution is 2.43. The minimum Gasteiger partial charge on any atom is -0.381 e. The van der Waals surface area contributed by atoms with Gasteiger partial charge in [0.05, 0.1) is 58.1 Å². The third-order valence-corrected chi connectivity index (χ3v) is 25.4. The Balaban J connectivity index is 0. The molecule has 39 heavy (non-hydrogen) atoms. The number of rotatable bonds is 25. The van der Waals surface area contributed by atoms with Crippen LogP contribution in [0.2, 0.25) is 52.4 Å². The third-order valence-electron chi connectivity index (χ3n) is 5.65. The fourth-order valence-electron chi connectivity index (χ4n) is 3.04. The molecule has 0 fully saturated rings. The van der Waals surface area contributed by atoms with E-state index >= 15 is 0 Å². The van der Waals surface area contributed by atoms with Gasteiger partial charge in [-0.3, -0.25) is 0 Å². The van der Waals surface area contributed by atoms with Gasteiger partial charge in [-0.2, -0.15) is 0 Å². The van der Waals surface area contributed by atoms with Crippen molar-refractivity contribution in [2.75, 3.05) is 49.4 Å². The molecule has 0 aromatic rings. The summed E-state index contributed by atoms with van der Waals surface area (Å²) in [6.45, 7) is 30.7. The van der Waals surface area contributed by atoms with Gasteiger partial charge in [-0.15, -0.1) is 0 Å². The molecule has 0 bridgehead atoms. The van der Waals surface area contributed by atoms with Gasteiger partial charge in [0, 0.05) is 49.4 Å². The normalized spacial score (nSPS) is 15.1. The highest BCUT2D eigenvalue weighted by Gasteiger charge is 2.18. The molecule has 15 heteroatoms. The van der Waals surface area contributed by atoms with Crippen molar-refractivity contribution < 1.29 is 18.9 Å². The fraction of sp³-hybridized carbons (Fsp3) is 1.00. The quantitative estimate of drug-likeness (QED) is 0.0514. The molecule has 4 atom stereocenters. The zero-order valence-electron chi connectivity index (χ0n) is 26.8. The maximum Gasteiger partial charge on any atom is 0.0667 e. The lowest BCUT2D eigenvalue weighted by molar-refractivity contribution is 0.130. The second-order valence-electron chi connectivity index (χ2n) is 10.3.